The number of rotatable bonds is 4. The van der Waals surface area contributed by atoms with Gasteiger partial charge in [-0.05, 0) is 31.2 Å². The van der Waals surface area contributed by atoms with Crippen molar-refractivity contribution < 1.29 is 14.3 Å². The Morgan fingerprint density at radius 1 is 1.15 bits per heavy atom. The average Bonchev–Trinajstić information content (AvgIpc) is 3.11. The molecule has 0 radical (unpaired) electrons. The molecular weight excluding hydrogens is 360 g/mol. The molecule has 2 amide bonds. The number of nitrogens with one attached hydrogen (secondary N) is 2. The highest BCUT2D eigenvalue weighted by atomic mass is 35.5. The van der Waals surface area contributed by atoms with E-state index in [9.17, 15) is 9.59 Å². The number of carbonyl (C=O) groups excluding carboxylic acids is 2. The third-order valence-corrected chi connectivity index (χ3v) is 4.20. The number of H-pyrrole nitrogens is 1. The minimum absolute atomic E-state index is 0.199. The van der Waals surface area contributed by atoms with Gasteiger partial charge in [0, 0.05) is 36.9 Å². The van der Waals surface area contributed by atoms with Crippen LogP contribution < -0.4 is 5.32 Å². The maximum Gasteiger partial charge on any atom is 0.409 e. The molecule has 1 saturated heterocycles. The van der Waals surface area contributed by atoms with Crippen LogP contribution in [0.3, 0.4) is 0 Å². The van der Waals surface area contributed by atoms with Crippen LogP contribution in [0, 0.1) is 0 Å². The van der Waals surface area contributed by atoms with E-state index in [1.807, 2.05) is 0 Å². The van der Waals surface area contributed by atoms with Crippen molar-refractivity contribution in [3.05, 3.63) is 35.0 Å². The summed E-state index contributed by atoms with van der Waals surface area (Å²) < 4.78 is 4.98. The maximum absolute atomic E-state index is 12.7. The standard InChI is InChI=1S/C16H19ClN6O3/c1-2-26-16(25)23-9-7-22(8-10-23)15(24)13-14(20-21-19-13)18-12-5-3-11(17)4-6-12/h3-6H,2,7-10H2,1H3,(H2,18,19,20,21). The number of aromatic amines is 1. The summed E-state index contributed by atoms with van der Waals surface area (Å²) in [6.07, 6.45) is -0.355. The van der Waals surface area contributed by atoms with E-state index in [1.165, 1.54) is 0 Å². The second-order valence-corrected chi connectivity index (χ2v) is 6.07. The number of aromatic nitrogens is 3. The van der Waals surface area contributed by atoms with Crippen LogP contribution >= 0.6 is 11.6 Å². The van der Waals surface area contributed by atoms with Crippen LogP contribution in [-0.4, -0.2) is 70.0 Å². The lowest BCUT2D eigenvalue weighted by Crippen LogP contribution is -2.50. The van der Waals surface area contributed by atoms with Gasteiger partial charge >= 0.3 is 6.09 Å². The first-order chi connectivity index (χ1) is 12.6. The van der Waals surface area contributed by atoms with E-state index in [2.05, 4.69) is 20.7 Å². The molecule has 1 aliphatic rings. The Bertz CT molecular complexity index is 771. The Morgan fingerprint density at radius 3 is 2.46 bits per heavy atom. The highest BCUT2D eigenvalue weighted by molar-refractivity contribution is 6.30. The Hall–Kier alpha value is -2.81. The van der Waals surface area contributed by atoms with E-state index in [4.69, 9.17) is 16.3 Å². The number of piperazine rings is 1. The highest BCUT2D eigenvalue weighted by Crippen LogP contribution is 2.20. The Morgan fingerprint density at radius 2 is 1.81 bits per heavy atom. The number of hydrogen-bond donors (Lipinski definition) is 2. The first kappa shape index (κ1) is 18.0. The molecule has 0 unspecified atom stereocenters. The van der Waals surface area contributed by atoms with E-state index in [0.717, 1.165) is 5.69 Å². The third kappa shape index (κ3) is 4.05. The number of halogens is 1. The summed E-state index contributed by atoms with van der Waals surface area (Å²) in [5.41, 5.74) is 0.939. The fourth-order valence-electron chi connectivity index (χ4n) is 2.59. The van der Waals surface area contributed by atoms with Gasteiger partial charge in [0.05, 0.1) is 6.61 Å². The Labute approximate surface area is 155 Å². The van der Waals surface area contributed by atoms with Crippen molar-refractivity contribution in [2.45, 2.75) is 6.92 Å². The molecule has 10 heteroatoms. The van der Waals surface area contributed by atoms with Crippen LogP contribution in [0.2, 0.25) is 5.02 Å². The van der Waals surface area contributed by atoms with Crippen molar-refractivity contribution in [1.82, 2.24) is 25.2 Å². The van der Waals surface area contributed by atoms with Crippen molar-refractivity contribution >= 4 is 35.1 Å². The lowest BCUT2D eigenvalue weighted by atomic mass is 10.2. The first-order valence-corrected chi connectivity index (χ1v) is 8.60. The summed E-state index contributed by atoms with van der Waals surface area (Å²) in [4.78, 5) is 27.7. The topological polar surface area (TPSA) is 103 Å². The summed E-state index contributed by atoms with van der Waals surface area (Å²) in [5.74, 6) is 0.0869. The lowest BCUT2D eigenvalue weighted by molar-refractivity contribution is 0.0566. The van der Waals surface area contributed by atoms with E-state index in [1.54, 1.807) is 41.0 Å². The molecule has 138 valence electrons. The summed E-state index contributed by atoms with van der Waals surface area (Å²) >= 11 is 5.87. The van der Waals surface area contributed by atoms with Crippen molar-refractivity contribution in [2.24, 2.45) is 0 Å². The highest BCUT2D eigenvalue weighted by Gasteiger charge is 2.28. The van der Waals surface area contributed by atoms with E-state index >= 15 is 0 Å². The smallest absolute Gasteiger partial charge is 0.409 e. The van der Waals surface area contributed by atoms with Gasteiger partial charge in [-0.2, -0.15) is 5.21 Å². The van der Waals surface area contributed by atoms with E-state index < -0.39 is 0 Å². The lowest BCUT2D eigenvalue weighted by Gasteiger charge is -2.33. The van der Waals surface area contributed by atoms with Crippen molar-refractivity contribution in [3.63, 3.8) is 0 Å². The quantitative estimate of drug-likeness (QED) is 0.844. The maximum atomic E-state index is 12.7. The minimum atomic E-state index is -0.355. The molecule has 26 heavy (non-hydrogen) atoms. The predicted octanol–water partition coefficient (Wildman–Crippen LogP) is 2.12. The SMILES string of the molecule is CCOC(=O)N1CCN(C(=O)c2n[nH]nc2Nc2ccc(Cl)cc2)CC1. The average molecular weight is 379 g/mol. The van der Waals surface area contributed by atoms with Crippen LogP contribution in [0.15, 0.2) is 24.3 Å². The zero-order chi connectivity index (χ0) is 18.5. The second-order valence-electron chi connectivity index (χ2n) is 5.63. The Kier molecular flexibility index (Phi) is 5.57. The summed E-state index contributed by atoms with van der Waals surface area (Å²) in [6.45, 7) is 3.74. The van der Waals surface area contributed by atoms with Gasteiger partial charge in [0.25, 0.3) is 5.91 Å². The van der Waals surface area contributed by atoms with E-state index in [-0.39, 0.29) is 17.7 Å². The zero-order valence-electron chi connectivity index (χ0n) is 14.2. The number of anilines is 2. The molecule has 0 bridgehead atoms. The summed E-state index contributed by atoms with van der Waals surface area (Å²) in [5, 5.41) is 14.1. The third-order valence-electron chi connectivity index (χ3n) is 3.95. The monoisotopic (exact) mass is 378 g/mol. The van der Waals surface area contributed by atoms with Gasteiger partial charge in [0.2, 0.25) is 0 Å². The first-order valence-electron chi connectivity index (χ1n) is 8.23. The molecule has 1 aromatic heterocycles. The van der Waals surface area contributed by atoms with Crippen LogP contribution in [0.25, 0.3) is 0 Å². The van der Waals surface area contributed by atoms with Gasteiger partial charge in [-0.3, -0.25) is 4.79 Å². The molecule has 0 saturated carbocycles. The molecule has 3 rings (SSSR count). The second kappa shape index (κ2) is 8.05. The molecule has 2 N–H and O–H groups in total. The molecule has 0 spiro atoms. The Balaban J connectivity index is 1.63. The number of hydrogen-bond acceptors (Lipinski definition) is 6. The van der Waals surface area contributed by atoms with Crippen LogP contribution in [0.5, 0.6) is 0 Å². The molecule has 0 aliphatic carbocycles. The van der Waals surface area contributed by atoms with Gasteiger partial charge in [0.1, 0.15) is 0 Å². The predicted molar refractivity (Wildman–Crippen MR) is 95.6 cm³/mol. The zero-order valence-corrected chi connectivity index (χ0v) is 15.0. The number of benzene rings is 1. The van der Waals surface area contributed by atoms with Crippen molar-refractivity contribution in [3.8, 4) is 0 Å². The van der Waals surface area contributed by atoms with Gasteiger partial charge in [-0.1, -0.05) is 11.6 Å². The molecule has 1 fully saturated rings. The molecule has 1 aliphatic heterocycles. The minimum Gasteiger partial charge on any atom is -0.450 e. The summed E-state index contributed by atoms with van der Waals surface area (Å²) in [7, 11) is 0. The molecule has 2 aromatic rings. The molecule has 1 aromatic carbocycles. The van der Waals surface area contributed by atoms with Gasteiger partial charge in [0.15, 0.2) is 11.5 Å². The van der Waals surface area contributed by atoms with Crippen molar-refractivity contribution in [2.75, 3.05) is 38.1 Å². The number of amides is 2. The molecule has 9 nitrogen and oxygen atoms in total. The van der Waals surface area contributed by atoms with Gasteiger partial charge < -0.3 is 19.9 Å². The summed E-state index contributed by atoms with van der Waals surface area (Å²) in [6, 6.07) is 7.03. The molecule has 0 atom stereocenters. The van der Waals surface area contributed by atoms with Crippen LogP contribution in [0.4, 0.5) is 16.3 Å². The van der Waals surface area contributed by atoms with Crippen molar-refractivity contribution in [1.29, 1.82) is 0 Å². The fraction of sp³-hybridized carbons (Fsp3) is 0.375. The largest absolute Gasteiger partial charge is 0.450 e. The fourth-order valence-corrected chi connectivity index (χ4v) is 2.72. The van der Waals surface area contributed by atoms with Gasteiger partial charge in [-0.25, -0.2) is 4.79 Å². The molecular formula is C16H19ClN6O3. The number of ether oxygens (including phenoxy) is 1. The van der Waals surface area contributed by atoms with Crippen LogP contribution in [0.1, 0.15) is 17.4 Å². The van der Waals surface area contributed by atoms with E-state index in [0.29, 0.717) is 43.6 Å². The van der Waals surface area contributed by atoms with Gasteiger partial charge in [-0.15, -0.1) is 10.2 Å². The normalized spacial score (nSPS) is 14.2. The number of nitrogens with zero attached hydrogens (tertiary/aromatic N) is 4. The molecule has 2 heterocycles. The van der Waals surface area contributed by atoms with Crippen LogP contribution in [-0.2, 0) is 4.74 Å². The number of carbonyl (C=O) groups is 2.